The van der Waals surface area contributed by atoms with Crippen LogP contribution in [0, 0.1) is 0 Å². The van der Waals surface area contributed by atoms with Crippen LogP contribution in [0.25, 0.3) is 10.9 Å². The van der Waals surface area contributed by atoms with Gasteiger partial charge in [-0.25, -0.2) is 4.98 Å². The fourth-order valence-corrected chi connectivity index (χ4v) is 2.90. The Morgan fingerprint density at radius 3 is 2.50 bits per heavy atom. The maximum Gasteiger partial charge on any atom is 0.261 e. The van der Waals surface area contributed by atoms with Crippen LogP contribution >= 0.6 is 0 Å². The summed E-state index contributed by atoms with van der Waals surface area (Å²) < 4.78 is 17.7. The van der Waals surface area contributed by atoms with Gasteiger partial charge in [0.1, 0.15) is 5.52 Å². The van der Waals surface area contributed by atoms with E-state index in [1.807, 2.05) is 18.2 Å². The number of aromatic nitrogens is 3. The number of rotatable bonds is 7. The molecule has 7 heteroatoms. The molecular weight excluding hydrogens is 334 g/mol. The van der Waals surface area contributed by atoms with Crippen molar-refractivity contribution in [1.29, 1.82) is 0 Å². The Morgan fingerprint density at radius 2 is 1.85 bits per heavy atom. The number of fused-ring (bicyclic) bond motifs is 1. The summed E-state index contributed by atoms with van der Waals surface area (Å²) in [5, 5.41) is 0.430. The van der Waals surface area contributed by atoms with Gasteiger partial charge in [0.25, 0.3) is 5.56 Å². The monoisotopic (exact) mass is 355 g/mol. The van der Waals surface area contributed by atoms with E-state index < -0.39 is 0 Å². The Balaban J connectivity index is 1.94. The zero-order valence-corrected chi connectivity index (χ0v) is 15.1. The number of hydrogen-bond donors (Lipinski definition) is 0. The minimum Gasteiger partial charge on any atom is -0.493 e. The molecule has 136 valence electrons. The lowest BCUT2D eigenvalue weighted by atomic mass is 10.2. The second-order valence-electron chi connectivity index (χ2n) is 5.71. The number of ether oxygens (including phenoxy) is 3. The Labute approximate surface area is 151 Å². The molecule has 0 aliphatic carbocycles. The van der Waals surface area contributed by atoms with Crippen molar-refractivity contribution >= 4 is 10.9 Å². The Hall–Kier alpha value is -3.09. The van der Waals surface area contributed by atoms with Gasteiger partial charge in [0, 0.05) is 18.4 Å². The lowest BCUT2D eigenvalue weighted by Gasteiger charge is -2.14. The zero-order chi connectivity index (χ0) is 18.5. The van der Waals surface area contributed by atoms with E-state index in [-0.39, 0.29) is 5.56 Å². The maximum atomic E-state index is 12.9. The number of hydrogen-bond acceptors (Lipinski definition) is 6. The van der Waals surface area contributed by atoms with E-state index in [0.29, 0.717) is 34.7 Å². The first-order chi connectivity index (χ1) is 12.7. The van der Waals surface area contributed by atoms with Crippen LogP contribution < -0.4 is 19.8 Å². The molecule has 0 amide bonds. The summed E-state index contributed by atoms with van der Waals surface area (Å²) in [4.78, 5) is 21.6. The van der Waals surface area contributed by atoms with Gasteiger partial charge in [-0.05, 0) is 31.0 Å². The van der Waals surface area contributed by atoms with Crippen LogP contribution in [0.4, 0.5) is 0 Å². The van der Waals surface area contributed by atoms with E-state index in [1.54, 1.807) is 16.8 Å². The molecule has 7 nitrogen and oxygen atoms in total. The summed E-state index contributed by atoms with van der Waals surface area (Å²) in [7, 11) is 4.55. The lowest BCUT2D eigenvalue weighted by Crippen LogP contribution is -2.21. The molecular formula is C19H21N3O4. The maximum absolute atomic E-state index is 12.9. The lowest BCUT2D eigenvalue weighted by molar-refractivity contribution is 0.326. The van der Waals surface area contributed by atoms with Gasteiger partial charge in [0.15, 0.2) is 11.5 Å². The Bertz CT molecular complexity index is 954. The molecule has 0 aliphatic rings. The van der Waals surface area contributed by atoms with Crippen molar-refractivity contribution in [2.24, 2.45) is 0 Å². The average Bonchev–Trinajstić information content (AvgIpc) is 2.69. The molecule has 0 unspecified atom stereocenters. The first-order valence-electron chi connectivity index (χ1n) is 8.27. The van der Waals surface area contributed by atoms with Gasteiger partial charge in [-0.1, -0.05) is 6.07 Å². The van der Waals surface area contributed by atoms with E-state index >= 15 is 0 Å². The molecule has 26 heavy (non-hydrogen) atoms. The fourth-order valence-electron chi connectivity index (χ4n) is 2.90. The molecule has 0 aliphatic heterocycles. The van der Waals surface area contributed by atoms with Crippen LogP contribution in [-0.4, -0.2) is 35.9 Å². The van der Waals surface area contributed by atoms with Gasteiger partial charge < -0.3 is 14.2 Å². The number of nitrogens with zero attached hydrogens (tertiary/aromatic N) is 3. The molecule has 0 atom stereocenters. The standard InChI is InChI=1S/C19H21N3O4/c1-24-15-11-14-16(18(26-3)17(15)25-2)21-12-22(19(14)23)10-6-8-13-7-4-5-9-20-13/h4-5,7,9,11-12H,6,8,10H2,1-3H3. The second kappa shape index (κ2) is 7.86. The topological polar surface area (TPSA) is 75.5 Å². The molecule has 3 rings (SSSR count). The van der Waals surface area contributed by atoms with Gasteiger partial charge in [0.2, 0.25) is 5.75 Å². The number of benzene rings is 1. The van der Waals surface area contributed by atoms with Crippen molar-refractivity contribution in [3.8, 4) is 17.2 Å². The smallest absolute Gasteiger partial charge is 0.261 e. The molecule has 0 bridgehead atoms. The molecule has 2 heterocycles. The third-order valence-corrected chi connectivity index (χ3v) is 4.18. The van der Waals surface area contributed by atoms with Crippen molar-refractivity contribution < 1.29 is 14.2 Å². The first-order valence-corrected chi connectivity index (χ1v) is 8.27. The van der Waals surface area contributed by atoms with Crippen LogP contribution in [0.2, 0.25) is 0 Å². The van der Waals surface area contributed by atoms with E-state index in [9.17, 15) is 4.79 Å². The highest BCUT2D eigenvalue weighted by Gasteiger charge is 2.19. The van der Waals surface area contributed by atoms with Crippen LogP contribution in [0.1, 0.15) is 12.1 Å². The molecule has 0 saturated heterocycles. The minimum absolute atomic E-state index is 0.143. The van der Waals surface area contributed by atoms with Crippen LogP contribution in [-0.2, 0) is 13.0 Å². The first kappa shape index (κ1) is 17.7. The zero-order valence-electron chi connectivity index (χ0n) is 15.1. The summed E-state index contributed by atoms with van der Waals surface area (Å²) in [5.41, 5.74) is 1.31. The van der Waals surface area contributed by atoms with Crippen molar-refractivity contribution in [2.75, 3.05) is 21.3 Å². The third-order valence-electron chi connectivity index (χ3n) is 4.18. The van der Waals surface area contributed by atoms with Gasteiger partial charge in [-0.15, -0.1) is 0 Å². The summed E-state index contributed by atoms with van der Waals surface area (Å²) in [5.74, 6) is 1.24. The predicted molar refractivity (Wildman–Crippen MR) is 98.2 cm³/mol. The van der Waals surface area contributed by atoms with Gasteiger partial charge >= 0.3 is 0 Å². The van der Waals surface area contributed by atoms with Crippen LogP contribution in [0.5, 0.6) is 17.2 Å². The van der Waals surface area contributed by atoms with E-state index in [4.69, 9.17) is 14.2 Å². The fraction of sp³-hybridized carbons (Fsp3) is 0.316. The number of methoxy groups -OCH3 is 3. The molecule has 3 aromatic rings. The summed E-state index contributed by atoms with van der Waals surface area (Å²) >= 11 is 0. The predicted octanol–water partition coefficient (Wildman–Crippen LogP) is 2.45. The molecule has 0 radical (unpaired) electrons. The third kappa shape index (κ3) is 3.33. The van der Waals surface area contributed by atoms with Crippen molar-refractivity contribution in [2.45, 2.75) is 19.4 Å². The molecule has 1 aromatic carbocycles. The SMILES string of the molecule is COc1cc2c(=O)n(CCCc3ccccn3)cnc2c(OC)c1OC. The summed E-state index contributed by atoms with van der Waals surface area (Å²) in [6.45, 7) is 0.551. The van der Waals surface area contributed by atoms with E-state index in [0.717, 1.165) is 18.5 Å². The second-order valence-corrected chi connectivity index (χ2v) is 5.71. The van der Waals surface area contributed by atoms with E-state index in [1.165, 1.54) is 27.7 Å². The van der Waals surface area contributed by atoms with Gasteiger partial charge in [-0.2, -0.15) is 0 Å². The number of pyridine rings is 1. The number of aryl methyl sites for hydroxylation is 2. The minimum atomic E-state index is -0.143. The largest absolute Gasteiger partial charge is 0.493 e. The van der Waals surface area contributed by atoms with Crippen molar-refractivity contribution in [3.05, 3.63) is 52.8 Å². The molecule has 0 N–H and O–H groups in total. The van der Waals surface area contributed by atoms with Crippen LogP contribution in [0.15, 0.2) is 41.6 Å². The van der Waals surface area contributed by atoms with Gasteiger partial charge in [-0.3, -0.25) is 14.3 Å². The summed E-state index contributed by atoms with van der Waals surface area (Å²) in [6.07, 6.45) is 4.89. The van der Waals surface area contributed by atoms with Crippen molar-refractivity contribution in [1.82, 2.24) is 14.5 Å². The molecule has 0 saturated carbocycles. The average molecular weight is 355 g/mol. The molecule has 0 fully saturated rings. The Morgan fingerprint density at radius 1 is 1.04 bits per heavy atom. The van der Waals surface area contributed by atoms with Gasteiger partial charge in [0.05, 0.1) is 33.0 Å². The quantitative estimate of drug-likeness (QED) is 0.648. The van der Waals surface area contributed by atoms with E-state index in [2.05, 4.69) is 9.97 Å². The highest BCUT2D eigenvalue weighted by Crippen LogP contribution is 2.41. The Kier molecular flexibility index (Phi) is 5.36. The summed E-state index contributed by atoms with van der Waals surface area (Å²) in [6, 6.07) is 7.46. The highest BCUT2D eigenvalue weighted by molar-refractivity contribution is 5.89. The van der Waals surface area contributed by atoms with Crippen LogP contribution in [0.3, 0.4) is 0 Å². The molecule has 0 spiro atoms. The highest BCUT2D eigenvalue weighted by atomic mass is 16.5. The molecule has 2 aromatic heterocycles. The van der Waals surface area contributed by atoms with Crippen molar-refractivity contribution in [3.63, 3.8) is 0 Å². The normalized spacial score (nSPS) is 10.7.